The third kappa shape index (κ3) is 6.20. The second kappa shape index (κ2) is 7.87. The van der Waals surface area contributed by atoms with Crippen molar-refractivity contribution in [1.82, 2.24) is 19.2 Å². The van der Waals surface area contributed by atoms with E-state index in [1.54, 1.807) is 4.31 Å². The van der Waals surface area contributed by atoms with E-state index in [1.165, 1.54) is 0 Å². The Morgan fingerprint density at radius 2 is 1.95 bits per heavy atom. The summed E-state index contributed by atoms with van der Waals surface area (Å²) in [6.07, 6.45) is 2.98. The fraction of sp³-hybridized carbons (Fsp3) is 1.00. The van der Waals surface area contributed by atoms with E-state index in [0.29, 0.717) is 19.6 Å². The van der Waals surface area contributed by atoms with Gasteiger partial charge in [0.2, 0.25) is 0 Å². The van der Waals surface area contributed by atoms with Gasteiger partial charge in [-0.3, -0.25) is 0 Å². The van der Waals surface area contributed by atoms with Gasteiger partial charge in [0.05, 0.1) is 0 Å². The number of hydrogen-bond donors (Lipinski definition) is 2. The Bertz CT molecular complexity index is 407. The molecular formula is C14H32N4O2S. The van der Waals surface area contributed by atoms with Gasteiger partial charge in [0.25, 0.3) is 10.2 Å². The van der Waals surface area contributed by atoms with E-state index < -0.39 is 10.2 Å². The fourth-order valence-electron chi connectivity index (χ4n) is 3.01. The monoisotopic (exact) mass is 320 g/mol. The van der Waals surface area contributed by atoms with Gasteiger partial charge >= 0.3 is 0 Å². The summed E-state index contributed by atoms with van der Waals surface area (Å²) in [4.78, 5) is 2.08. The van der Waals surface area contributed by atoms with Crippen molar-refractivity contribution in [3.05, 3.63) is 0 Å². The molecule has 0 radical (unpaired) electrons. The molecule has 1 saturated heterocycles. The van der Waals surface area contributed by atoms with Crippen molar-refractivity contribution in [1.29, 1.82) is 0 Å². The Kier molecular flexibility index (Phi) is 7.06. The van der Waals surface area contributed by atoms with Gasteiger partial charge in [0, 0.05) is 32.2 Å². The van der Waals surface area contributed by atoms with Crippen LogP contribution in [0.2, 0.25) is 0 Å². The summed E-state index contributed by atoms with van der Waals surface area (Å²) in [6.45, 7) is 6.79. The van der Waals surface area contributed by atoms with Crippen LogP contribution in [-0.2, 0) is 10.2 Å². The lowest BCUT2D eigenvalue weighted by Gasteiger charge is -2.36. The van der Waals surface area contributed by atoms with Crippen molar-refractivity contribution in [3.8, 4) is 0 Å². The number of hydrogen-bond acceptors (Lipinski definition) is 4. The van der Waals surface area contributed by atoms with E-state index in [0.717, 1.165) is 25.8 Å². The van der Waals surface area contributed by atoms with E-state index >= 15 is 0 Å². The molecule has 1 heterocycles. The van der Waals surface area contributed by atoms with Crippen molar-refractivity contribution >= 4 is 10.2 Å². The van der Waals surface area contributed by atoms with Gasteiger partial charge in [0.1, 0.15) is 0 Å². The summed E-state index contributed by atoms with van der Waals surface area (Å²) in [5.41, 5.74) is -0.0924. The Labute approximate surface area is 130 Å². The first-order chi connectivity index (χ1) is 9.68. The molecule has 1 aliphatic heterocycles. The molecule has 21 heavy (non-hydrogen) atoms. The quantitative estimate of drug-likeness (QED) is 0.683. The predicted molar refractivity (Wildman–Crippen MR) is 87.5 cm³/mol. The smallest absolute Gasteiger partial charge is 0.279 e. The molecule has 7 heteroatoms. The lowest BCUT2D eigenvalue weighted by Crippen LogP contribution is -2.53. The van der Waals surface area contributed by atoms with Crippen LogP contribution in [0.3, 0.4) is 0 Å². The molecule has 0 aromatic heterocycles. The van der Waals surface area contributed by atoms with E-state index in [2.05, 4.69) is 28.8 Å². The highest BCUT2D eigenvalue weighted by molar-refractivity contribution is 7.87. The zero-order valence-corrected chi connectivity index (χ0v) is 15.0. The largest absolute Gasteiger partial charge is 0.318 e. The van der Waals surface area contributed by atoms with Crippen LogP contribution in [0.5, 0.6) is 0 Å². The zero-order valence-electron chi connectivity index (χ0n) is 14.1. The topological polar surface area (TPSA) is 64.7 Å². The molecule has 1 unspecified atom stereocenters. The summed E-state index contributed by atoms with van der Waals surface area (Å²) in [5, 5.41) is 3.10. The average molecular weight is 321 g/mol. The summed E-state index contributed by atoms with van der Waals surface area (Å²) < 4.78 is 29.6. The minimum Gasteiger partial charge on any atom is -0.318 e. The molecule has 0 aromatic rings. The lowest BCUT2D eigenvalue weighted by molar-refractivity contribution is 0.228. The summed E-state index contributed by atoms with van der Waals surface area (Å²) >= 11 is 0. The first kappa shape index (κ1) is 18.8. The van der Waals surface area contributed by atoms with E-state index in [4.69, 9.17) is 0 Å². The molecule has 1 fully saturated rings. The first-order valence-electron chi connectivity index (χ1n) is 7.74. The van der Waals surface area contributed by atoms with Gasteiger partial charge in [-0.25, -0.2) is 4.72 Å². The number of likely N-dealkylation sites (N-methyl/N-ethyl adjacent to an activating group) is 1. The second-order valence-electron chi connectivity index (χ2n) is 7.05. The molecule has 0 saturated carbocycles. The number of rotatable bonds is 8. The highest BCUT2D eigenvalue weighted by atomic mass is 32.2. The van der Waals surface area contributed by atoms with Gasteiger partial charge in [-0.1, -0.05) is 20.3 Å². The molecule has 0 amide bonds. The third-order valence-corrected chi connectivity index (χ3v) is 5.41. The molecule has 0 spiro atoms. The summed E-state index contributed by atoms with van der Waals surface area (Å²) in [6, 6.07) is 0.0678. The molecule has 1 rings (SSSR count). The van der Waals surface area contributed by atoms with Crippen molar-refractivity contribution in [2.45, 2.75) is 39.2 Å². The van der Waals surface area contributed by atoms with E-state index in [1.807, 2.05) is 21.1 Å². The fourth-order valence-corrected chi connectivity index (χ4v) is 4.69. The molecule has 0 aromatic carbocycles. The average Bonchev–Trinajstić information content (AvgIpc) is 2.36. The Morgan fingerprint density at radius 1 is 1.29 bits per heavy atom. The van der Waals surface area contributed by atoms with Gasteiger partial charge in [-0.15, -0.1) is 0 Å². The number of nitrogens with one attached hydrogen (secondary N) is 2. The molecule has 0 aliphatic carbocycles. The predicted octanol–water partition coefficient (Wildman–Crippen LogP) is 0.483. The van der Waals surface area contributed by atoms with Crippen LogP contribution in [0.1, 0.15) is 33.1 Å². The van der Waals surface area contributed by atoms with Crippen molar-refractivity contribution in [2.24, 2.45) is 5.41 Å². The zero-order chi connectivity index (χ0) is 16.1. The lowest BCUT2D eigenvalue weighted by atomic mass is 9.93. The standard InChI is InChI=1S/C14H32N4O2S/c1-14(2,12-17(4)5)11-16-21(19,20)18-9-7-6-8-13(18)10-15-3/h13,15-16H,6-12H2,1-5H3. The molecule has 1 atom stereocenters. The van der Waals surface area contributed by atoms with E-state index in [-0.39, 0.29) is 11.5 Å². The van der Waals surface area contributed by atoms with Crippen LogP contribution in [0.15, 0.2) is 0 Å². The Balaban J connectivity index is 2.66. The highest BCUT2D eigenvalue weighted by Gasteiger charge is 2.33. The number of piperidine rings is 1. The van der Waals surface area contributed by atoms with Crippen LogP contribution in [-0.4, -0.2) is 71.0 Å². The van der Waals surface area contributed by atoms with Crippen molar-refractivity contribution in [3.63, 3.8) is 0 Å². The van der Waals surface area contributed by atoms with Gasteiger partial charge < -0.3 is 10.2 Å². The summed E-state index contributed by atoms with van der Waals surface area (Å²) in [5.74, 6) is 0. The van der Waals surface area contributed by atoms with Gasteiger partial charge in [-0.2, -0.15) is 12.7 Å². The Morgan fingerprint density at radius 3 is 2.52 bits per heavy atom. The van der Waals surface area contributed by atoms with Crippen LogP contribution in [0, 0.1) is 5.41 Å². The van der Waals surface area contributed by atoms with Crippen LogP contribution < -0.4 is 10.0 Å². The minimum absolute atomic E-state index is 0.0678. The van der Waals surface area contributed by atoms with Crippen LogP contribution >= 0.6 is 0 Å². The van der Waals surface area contributed by atoms with Crippen LogP contribution in [0.25, 0.3) is 0 Å². The second-order valence-corrected chi connectivity index (χ2v) is 8.75. The van der Waals surface area contributed by atoms with Crippen molar-refractivity contribution < 1.29 is 8.42 Å². The normalized spacial score (nSPS) is 21.9. The van der Waals surface area contributed by atoms with Gasteiger partial charge in [0.15, 0.2) is 0 Å². The molecule has 6 nitrogen and oxygen atoms in total. The Hall–Kier alpha value is -0.210. The summed E-state index contributed by atoms with van der Waals surface area (Å²) in [7, 11) is 2.48. The van der Waals surface area contributed by atoms with Crippen LogP contribution in [0.4, 0.5) is 0 Å². The number of nitrogens with zero attached hydrogens (tertiary/aromatic N) is 2. The maximum atomic E-state index is 12.6. The van der Waals surface area contributed by atoms with E-state index in [9.17, 15) is 8.42 Å². The molecule has 126 valence electrons. The van der Waals surface area contributed by atoms with Crippen molar-refractivity contribution in [2.75, 3.05) is 47.3 Å². The minimum atomic E-state index is -3.40. The molecule has 0 bridgehead atoms. The SMILES string of the molecule is CNCC1CCCCN1S(=O)(=O)NCC(C)(C)CN(C)C. The van der Waals surface area contributed by atoms with Gasteiger partial charge in [-0.05, 0) is 39.4 Å². The third-order valence-electron chi connectivity index (χ3n) is 3.80. The molecule has 1 aliphatic rings. The molecular weight excluding hydrogens is 288 g/mol. The maximum Gasteiger partial charge on any atom is 0.279 e. The first-order valence-corrected chi connectivity index (χ1v) is 9.18. The maximum absolute atomic E-state index is 12.6. The highest BCUT2D eigenvalue weighted by Crippen LogP contribution is 2.21. The molecule has 2 N–H and O–H groups in total.